The first-order chi connectivity index (χ1) is 27.0. The predicted molar refractivity (Wildman–Crippen MR) is 235 cm³/mol. The van der Waals surface area contributed by atoms with Crippen molar-refractivity contribution in [3.8, 4) is 17.2 Å². The van der Waals surface area contributed by atoms with Gasteiger partial charge in [0.25, 0.3) is 0 Å². The number of thioether (sulfide) groups is 1. The van der Waals surface area contributed by atoms with E-state index in [-0.39, 0.29) is 55.1 Å². The van der Waals surface area contributed by atoms with E-state index in [2.05, 4.69) is 66.4 Å². The Kier molecular flexibility index (Phi) is 21.4. The molecular formula is C37H49I3N4O11S. The quantitative estimate of drug-likeness (QED) is 0.0385. The largest absolute Gasteiger partial charge is 0.507 e. The number of fused-ring (bicyclic) bond motifs is 1. The van der Waals surface area contributed by atoms with Gasteiger partial charge < -0.3 is 54.8 Å². The SMILES string of the molecule is COC(=O)C(Cc1cc(I)c(Oc2ccc(O)c(I)c2)c(I)c1)NC(=O)CCOCCOCCOCCOCCNC(=O)CCCCC1SCC2NC(=O)NC21. The molecule has 4 unspecified atom stereocenters. The van der Waals surface area contributed by atoms with Crippen molar-refractivity contribution in [1.82, 2.24) is 21.3 Å². The Morgan fingerprint density at radius 2 is 1.52 bits per heavy atom. The second-order valence-electron chi connectivity index (χ2n) is 12.9. The minimum absolute atomic E-state index is 0.0166. The molecule has 4 atom stereocenters. The van der Waals surface area contributed by atoms with Gasteiger partial charge in [0.1, 0.15) is 17.5 Å². The number of ether oxygens (including phenoxy) is 6. The molecule has 2 aliphatic heterocycles. The molecule has 19 heteroatoms. The van der Waals surface area contributed by atoms with Crippen molar-refractivity contribution >= 4 is 103 Å². The molecule has 2 fully saturated rings. The number of nitrogens with one attached hydrogen (secondary N) is 4. The normalized spacial score (nSPS) is 17.8. The topological polar surface area (TPSA) is 192 Å². The number of hydrogen-bond donors (Lipinski definition) is 5. The number of rotatable bonds is 26. The molecule has 0 spiro atoms. The maximum Gasteiger partial charge on any atom is 0.328 e. The second kappa shape index (κ2) is 25.6. The fourth-order valence-corrected chi connectivity index (χ4v) is 10.0. The third-order valence-corrected chi connectivity index (χ3v) is 12.7. The number of phenolic OH excluding ortho intramolecular Hbond substituents is 1. The Balaban J connectivity index is 0.960. The average Bonchev–Trinajstić information content (AvgIpc) is 3.72. The Morgan fingerprint density at radius 3 is 2.18 bits per heavy atom. The third-order valence-electron chi connectivity index (χ3n) is 8.70. The highest BCUT2D eigenvalue weighted by atomic mass is 127. The van der Waals surface area contributed by atoms with Crippen LogP contribution in [0.5, 0.6) is 17.2 Å². The van der Waals surface area contributed by atoms with Gasteiger partial charge in [0.15, 0.2) is 5.75 Å². The monoisotopic (exact) mass is 1140 g/mol. The van der Waals surface area contributed by atoms with E-state index < -0.39 is 12.0 Å². The van der Waals surface area contributed by atoms with Crippen LogP contribution in [-0.2, 0) is 44.5 Å². The highest BCUT2D eigenvalue weighted by molar-refractivity contribution is 14.1. The van der Waals surface area contributed by atoms with Gasteiger partial charge in [-0.25, -0.2) is 9.59 Å². The van der Waals surface area contributed by atoms with Crippen LogP contribution in [0.1, 0.15) is 37.7 Å². The Hall–Kier alpha value is -1.90. The summed E-state index contributed by atoms with van der Waals surface area (Å²) in [5.41, 5.74) is 0.823. The number of carbonyl (C=O) groups excluding carboxylic acids is 4. The van der Waals surface area contributed by atoms with Gasteiger partial charge in [0, 0.05) is 36.8 Å². The van der Waals surface area contributed by atoms with Crippen LogP contribution in [0.3, 0.4) is 0 Å². The molecule has 5 N–H and O–H groups in total. The fourth-order valence-electron chi connectivity index (χ4n) is 5.89. The molecule has 2 aromatic carbocycles. The number of hydrogen-bond acceptors (Lipinski definition) is 12. The van der Waals surface area contributed by atoms with Gasteiger partial charge in [-0.05, 0) is 117 Å². The zero-order chi connectivity index (χ0) is 40.3. The van der Waals surface area contributed by atoms with E-state index in [1.165, 1.54) is 7.11 Å². The standard InChI is InChI=1S/C37H49I3N4O11S/c1-50-36(48)28(20-23-18-26(39)35(27(40)19-23)55-24-6-7-30(45)25(38)21-24)42-33(47)8-10-51-12-14-53-16-17-54-15-13-52-11-9-41-32(46)5-3-2-4-31-34-29(22-56-31)43-37(49)44-34/h6-7,18-19,21,28-29,31,34,45H,2-5,8-17,20,22H2,1H3,(H,41,46)(H,42,47)(H2,43,44,49). The lowest BCUT2D eigenvalue weighted by Gasteiger charge is -2.18. The molecule has 2 heterocycles. The third kappa shape index (κ3) is 16.4. The van der Waals surface area contributed by atoms with E-state index in [4.69, 9.17) is 28.4 Å². The summed E-state index contributed by atoms with van der Waals surface area (Å²) in [4.78, 5) is 48.8. The van der Waals surface area contributed by atoms with E-state index in [0.717, 1.165) is 37.7 Å². The first-order valence-electron chi connectivity index (χ1n) is 18.3. The number of urea groups is 1. The summed E-state index contributed by atoms with van der Waals surface area (Å²) in [6.07, 6.45) is 3.54. The average molecular weight is 1140 g/mol. The molecule has 310 valence electrons. The number of amides is 4. The number of esters is 1. The van der Waals surface area contributed by atoms with Gasteiger partial charge in [0.05, 0.1) is 82.8 Å². The number of carbonyl (C=O) groups is 4. The molecule has 0 bridgehead atoms. The number of methoxy groups -OCH3 is 1. The van der Waals surface area contributed by atoms with Gasteiger partial charge >= 0.3 is 12.0 Å². The number of halogens is 3. The van der Waals surface area contributed by atoms with Crippen molar-refractivity contribution in [2.24, 2.45) is 0 Å². The summed E-state index contributed by atoms with van der Waals surface area (Å²) in [6, 6.07) is 8.27. The van der Waals surface area contributed by atoms with Crippen molar-refractivity contribution < 1.29 is 52.7 Å². The molecule has 2 saturated heterocycles. The molecule has 2 aliphatic rings. The van der Waals surface area contributed by atoms with E-state index in [1.54, 1.807) is 18.2 Å². The van der Waals surface area contributed by atoms with Crippen molar-refractivity contribution in [3.63, 3.8) is 0 Å². The maximum atomic E-state index is 12.6. The van der Waals surface area contributed by atoms with Crippen LogP contribution >= 0.6 is 79.5 Å². The summed E-state index contributed by atoms with van der Waals surface area (Å²) in [6.45, 7) is 3.25. The minimum atomic E-state index is -0.877. The second-order valence-corrected chi connectivity index (χ2v) is 17.6. The summed E-state index contributed by atoms with van der Waals surface area (Å²) >= 11 is 8.26. The van der Waals surface area contributed by atoms with Crippen molar-refractivity contribution in [2.45, 2.75) is 61.9 Å². The van der Waals surface area contributed by atoms with Gasteiger partial charge in [-0.1, -0.05) is 6.42 Å². The Bertz CT molecular complexity index is 1590. The maximum absolute atomic E-state index is 12.6. The molecule has 4 amide bonds. The molecule has 2 aromatic rings. The number of unbranched alkanes of at least 4 members (excludes halogenated alkanes) is 1. The van der Waals surface area contributed by atoms with Crippen molar-refractivity contribution in [1.29, 1.82) is 0 Å². The summed E-state index contributed by atoms with van der Waals surface area (Å²) < 4.78 is 35.4. The van der Waals surface area contributed by atoms with Crippen LogP contribution in [0.4, 0.5) is 4.79 Å². The Labute approximate surface area is 372 Å². The predicted octanol–water partition coefficient (Wildman–Crippen LogP) is 4.50. The minimum Gasteiger partial charge on any atom is -0.507 e. The molecule has 0 aliphatic carbocycles. The van der Waals surface area contributed by atoms with Crippen LogP contribution < -0.4 is 26.0 Å². The molecule has 0 radical (unpaired) electrons. The zero-order valence-corrected chi connectivity index (χ0v) is 38.4. The van der Waals surface area contributed by atoms with Crippen LogP contribution in [0.15, 0.2) is 30.3 Å². The van der Waals surface area contributed by atoms with E-state index in [0.29, 0.717) is 79.5 Å². The number of benzene rings is 2. The molecule has 56 heavy (non-hydrogen) atoms. The van der Waals surface area contributed by atoms with Crippen LogP contribution in [0.2, 0.25) is 0 Å². The molecule has 15 nitrogen and oxygen atoms in total. The molecule has 4 rings (SSSR count). The van der Waals surface area contributed by atoms with Crippen LogP contribution in [0.25, 0.3) is 0 Å². The Morgan fingerprint density at radius 1 is 0.857 bits per heavy atom. The lowest BCUT2D eigenvalue weighted by Crippen LogP contribution is -2.43. The van der Waals surface area contributed by atoms with Crippen molar-refractivity contribution in [2.75, 3.05) is 72.3 Å². The van der Waals surface area contributed by atoms with Gasteiger partial charge in [0.2, 0.25) is 11.8 Å². The van der Waals surface area contributed by atoms with Gasteiger partial charge in [-0.15, -0.1) is 0 Å². The lowest BCUT2D eigenvalue weighted by atomic mass is 10.0. The zero-order valence-electron chi connectivity index (χ0n) is 31.1. The van der Waals surface area contributed by atoms with Crippen LogP contribution in [-0.4, -0.2) is 125 Å². The van der Waals surface area contributed by atoms with E-state index in [9.17, 15) is 24.3 Å². The smallest absolute Gasteiger partial charge is 0.328 e. The molecule has 0 saturated carbocycles. The summed E-state index contributed by atoms with van der Waals surface area (Å²) in [5.74, 6) is 1.49. The number of aromatic hydroxyl groups is 1. The van der Waals surface area contributed by atoms with E-state index in [1.807, 2.05) is 46.5 Å². The van der Waals surface area contributed by atoms with Gasteiger partial charge in [-0.2, -0.15) is 11.8 Å². The van der Waals surface area contributed by atoms with Crippen LogP contribution in [0, 0.1) is 10.7 Å². The summed E-state index contributed by atoms with van der Waals surface area (Å²) in [5, 5.41) is 21.8. The first kappa shape index (κ1) is 46.8. The lowest BCUT2D eigenvalue weighted by molar-refractivity contribution is -0.145. The number of phenols is 1. The molecular weight excluding hydrogens is 1090 g/mol. The van der Waals surface area contributed by atoms with Crippen molar-refractivity contribution in [3.05, 3.63) is 46.6 Å². The molecule has 0 aromatic heterocycles. The summed E-state index contributed by atoms with van der Waals surface area (Å²) in [7, 11) is 1.28. The highest BCUT2D eigenvalue weighted by Crippen LogP contribution is 2.35. The van der Waals surface area contributed by atoms with Gasteiger partial charge in [-0.3, -0.25) is 9.59 Å². The van der Waals surface area contributed by atoms with E-state index >= 15 is 0 Å². The first-order valence-corrected chi connectivity index (χ1v) is 22.6. The fraction of sp³-hybridized carbons (Fsp3) is 0.568. The highest BCUT2D eigenvalue weighted by Gasteiger charge is 2.42.